The van der Waals surface area contributed by atoms with Crippen LogP contribution in [0.15, 0.2) is 158 Å². The molecule has 1 aliphatic carbocycles. The van der Waals surface area contributed by atoms with Crippen LogP contribution in [0, 0.1) is 13.8 Å². The lowest BCUT2D eigenvalue weighted by Crippen LogP contribution is -2.24. The van der Waals surface area contributed by atoms with Crippen LogP contribution in [0.25, 0.3) is 65.7 Å². The molecule has 0 unspecified atom stereocenters. The molecule has 0 saturated heterocycles. The van der Waals surface area contributed by atoms with Gasteiger partial charge in [0, 0.05) is 22.5 Å². The van der Waals surface area contributed by atoms with Crippen molar-refractivity contribution < 1.29 is 0 Å². The third-order valence-corrected chi connectivity index (χ3v) is 12.3. The lowest BCUT2D eigenvalue weighted by Gasteiger charge is -2.37. The Bertz CT molecular complexity index is 2850. The van der Waals surface area contributed by atoms with Crippen molar-refractivity contribution in [3.63, 3.8) is 0 Å². The molecule has 9 aromatic rings. The third kappa shape index (κ3) is 5.29. The van der Waals surface area contributed by atoms with E-state index in [0.717, 1.165) is 17.1 Å². The highest BCUT2D eigenvalue weighted by Gasteiger charge is 2.35. The summed E-state index contributed by atoms with van der Waals surface area (Å²) >= 11 is 0. The fourth-order valence-corrected chi connectivity index (χ4v) is 9.32. The maximum absolute atomic E-state index is 2.50. The monoisotopic (exact) mass is 707 g/mol. The number of rotatable bonds is 6. The van der Waals surface area contributed by atoms with Crippen molar-refractivity contribution in [2.45, 2.75) is 52.9 Å². The van der Waals surface area contributed by atoms with E-state index in [1.807, 2.05) is 0 Å². The topological polar surface area (TPSA) is 3.24 Å². The first-order valence-corrected chi connectivity index (χ1v) is 19.7. The quantitative estimate of drug-likeness (QED) is 0.156. The molecule has 0 bridgehead atoms. The molecule has 0 radical (unpaired) electrons. The van der Waals surface area contributed by atoms with Crippen molar-refractivity contribution in [3.8, 4) is 33.4 Å². The number of hydrogen-bond donors (Lipinski definition) is 0. The lowest BCUT2D eigenvalue weighted by molar-refractivity contribution is 0.646. The number of para-hydroxylation sites is 1. The van der Waals surface area contributed by atoms with Crippen molar-refractivity contribution in [2.24, 2.45) is 0 Å². The largest absolute Gasteiger partial charge is 0.310 e. The molecule has 0 aliphatic heterocycles. The van der Waals surface area contributed by atoms with E-state index in [9.17, 15) is 0 Å². The molecule has 10 rings (SSSR count). The predicted octanol–water partition coefficient (Wildman–Crippen LogP) is 15.4. The molecule has 0 atom stereocenters. The van der Waals surface area contributed by atoms with Gasteiger partial charge in [0.2, 0.25) is 0 Å². The lowest BCUT2D eigenvalue weighted by atomic mass is 9.67. The van der Waals surface area contributed by atoms with Gasteiger partial charge >= 0.3 is 0 Å². The molecule has 0 amide bonds. The number of anilines is 3. The van der Waals surface area contributed by atoms with Gasteiger partial charge in [-0.2, -0.15) is 0 Å². The van der Waals surface area contributed by atoms with E-state index < -0.39 is 0 Å². The molecule has 0 aromatic heterocycles. The normalized spacial score (nSPS) is 13.2. The van der Waals surface area contributed by atoms with Gasteiger partial charge in [-0.15, -0.1) is 0 Å². The van der Waals surface area contributed by atoms with E-state index in [4.69, 9.17) is 0 Å². The number of hydrogen-bond acceptors (Lipinski definition) is 1. The van der Waals surface area contributed by atoms with Crippen LogP contribution in [-0.2, 0) is 5.41 Å². The second kappa shape index (κ2) is 12.4. The first-order chi connectivity index (χ1) is 26.7. The molecule has 0 spiro atoms. The van der Waals surface area contributed by atoms with Gasteiger partial charge in [0.05, 0.1) is 0 Å². The Morgan fingerprint density at radius 1 is 0.436 bits per heavy atom. The fourth-order valence-electron chi connectivity index (χ4n) is 9.32. The molecule has 266 valence electrons. The average Bonchev–Trinajstić information content (AvgIpc) is 3.20. The molecule has 0 saturated carbocycles. The van der Waals surface area contributed by atoms with E-state index in [-0.39, 0.29) is 5.41 Å². The van der Waals surface area contributed by atoms with E-state index in [1.165, 1.54) is 93.5 Å². The Morgan fingerprint density at radius 2 is 1.05 bits per heavy atom. The molecule has 1 heteroatoms. The number of fused-ring (bicyclic) bond motifs is 2. The average molecular weight is 708 g/mol. The van der Waals surface area contributed by atoms with Crippen LogP contribution in [0.3, 0.4) is 0 Å². The van der Waals surface area contributed by atoms with E-state index in [0.29, 0.717) is 5.92 Å². The van der Waals surface area contributed by atoms with Crippen molar-refractivity contribution in [1.82, 2.24) is 0 Å². The van der Waals surface area contributed by atoms with Gasteiger partial charge in [-0.25, -0.2) is 0 Å². The summed E-state index contributed by atoms with van der Waals surface area (Å²) in [6.07, 6.45) is 0. The van der Waals surface area contributed by atoms with Crippen LogP contribution in [-0.4, -0.2) is 0 Å². The van der Waals surface area contributed by atoms with Gasteiger partial charge in [0.1, 0.15) is 0 Å². The van der Waals surface area contributed by atoms with E-state index >= 15 is 0 Å². The predicted molar refractivity (Wildman–Crippen MR) is 237 cm³/mol. The Balaban J connectivity index is 1.21. The first kappa shape index (κ1) is 33.4. The van der Waals surface area contributed by atoms with E-state index in [2.05, 4.69) is 204 Å². The molecule has 0 heterocycles. The summed E-state index contributed by atoms with van der Waals surface area (Å²) in [6.45, 7) is 13.8. The molecule has 1 aliphatic rings. The zero-order chi connectivity index (χ0) is 37.6. The number of nitrogens with zero attached hydrogens (tertiary/aromatic N) is 1. The standard InChI is InChI=1S/C54H45N/c1-33(2)45-24-22-39-31-50-53-48(26-21-38-20-25-47(45)51(39)52(38)53)46-27-23-43(32-49(46)54(50,5)6)55(42-10-8-7-9-11-42)44-29-40(36-16-12-34(3)13-17-36)28-41(30-44)37-18-14-35(4)15-19-37/h7-33H,1-6H3. The van der Waals surface area contributed by atoms with Crippen LogP contribution >= 0.6 is 0 Å². The first-order valence-electron chi connectivity index (χ1n) is 19.7. The van der Waals surface area contributed by atoms with Crippen molar-refractivity contribution in [2.75, 3.05) is 4.90 Å². The van der Waals surface area contributed by atoms with Crippen molar-refractivity contribution >= 4 is 49.4 Å². The van der Waals surface area contributed by atoms with Gasteiger partial charge in [0.15, 0.2) is 0 Å². The highest BCUT2D eigenvalue weighted by molar-refractivity contribution is 6.28. The highest BCUT2D eigenvalue weighted by Crippen LogP contribution is 2.54. The zero-order valence-electron chi connectivity index (χ0n) is 32.5. The van der Waals surface area contributed by atoms with Crippen molar-refractivity contribution in [3.05, 3.63) is 186 Å². The minimum absolute atomic E-state index is 0.234. The Labute approximate surface area is 324 Å². The summed E-state index contributed by atoms with van der Waals surface area (Å²) in [5, 5.41) is 8.28. The summed E-state index contributed by atoms with van der Waals surface area (Å²) < 4.78 is 0. The minimum Gasteiger partial charge on any atom is -0.310 e. The maximum atomic E-state index is 2.50. The van der Waals surface area contributed by atoms with Crippen LogP contribution < -0.4 is 4.90 Å². The maximum Gasteiger partial charge on any atom is 0.0473 e. The second-order valence-electron chi connectivity index (χ2n) is 16.6. The minimum atomic E-state index is -0.234. The summed E-state index contributed by atoms with van der Waals surface area (Å²) in [4.78, 5) is 2.45. The van der Waals surface area contributed by atoms with Gasteiger partial charge in [-0.05, 0) is 151 Å². The number of benzene rings is 9. The molecule has 1 nitrogen and oxygen atoms in total. The Morgan fingerprint density at radius 3 is 1.71 bits per heavy atom. The molecule has 55 heavy (non-hydrogen) atoms. The van der Waals surface area contributed by atoms with Crippen LogP contribution in [0.2, 0.25) is 0 Å². The Hall–Kier alpha value is -6.18. The highest BCUT2D eigenvalue weighted by atomic mass is 15.1. The van der Waals surface area contributed by atoms with Crippen LogP contribution in [0.4, 0.5) is 17.1 Å². The van der Waals surface area contributed by atoms with Gasteiger partial charge in [0.25, 0.3) is 0 Å². The summed E-state index contributed by atoms with van der Waals surface area (Å²) in [5.74, 6) is 0.463. The van der Waals surface area contributed by atoms with Gasteiger partial charge in [-0.1, -0.05) is 148 Å². The van der Waals surface area contributed by atoms with Gasteiger partial charge in [-0.3, -0.25) is 0 Å². The van der Waals surface area contributed by atoms with E-state index in [1.54, 1.807) is 0 Å². The fraction of sp³-hybridized carbons (Fsp3) is 0.148. The molecule has 9 aromatic carbocycles. The summed E-state index contributed by atoms with van der Waals surface area (Å²) in [5.41, 5.74) is 17.4. The smallest absolute Gasteiger partial charge is 0.0473 e. The molecule has 0 N–H and O–H groups in total. The van der Waals surface area contributed by atoms with Gasteiger partial charge < -0.3 is 4.90 Å². The van der Waals surface area contributed by atoms with Crippen LogP contribution in [0.5, 0.6) is 0 Å². The Kier molecular flexibility index (Phi) is 7.55. The molecular formula is C54H45N. The second-order valence-corrected chi connectivity index (χ2v) is 16.6. The summed E-state index contributed by atoms with van der Waals surface area (Å²) in [7, 11) is 0. The molecule has 0 fully saturated rings. The zero-order valence-corrected chi connectivity index (χ0v) is 32.5. The number of aryl methyl sites for hydroxylation is 2. The van der Waals surface area contributed by atoms with Crippen LogP contribution in [0.1, 0.15) is 61.4 Å². The third-order valence-electron chi connectivity index (χ3n) is 12.3. The summed E-state index contributed by atoms with van der Waals surface area (Å²) in [6, 6.07) is 59.6. The SMILES string of the molecule is Cc1ccc(-c2cc(-c3ccc(C)cc3)cc(N(c3ccccc3)c3ccc4c(c3)C(C)(C)c3cc5ccc(C(C)C)c6ccc7ccc-4c3c7c56)c2)cc1. The molecular weight excluding hydrogens is 663 g/mol. The van der Waals surface area contributed by atoms with Crippen molar-refractivity contribution in [1.29, 1.82) is 0 Å².